The first kappa shape index (κ1) is 21.3. The monoisotopic (exact) mass is 427 g/mol. The van der Waals surface area contributed by atoms with Gasteiger partial charge in [-0.25, -0.2) is 4.79 Å². The first-order valence-electron chi connectivity index (χ1n) is 11.1. The van der Waals surface area contributed by atoms with Gasteiger partial charge in [0.2, 0.25) is 11.8 Å². The Kier molecular flexibility index (Phi) is 6.25. The van der Waals surface area contributed by atoms with Gasteiger partial charge in [0.05, 0.1) is 11.8 Å². The first-order valence-corrected chi connectivity index (χ1v) is 11.1. The number of esters is 1. The molecule has 0 spiro atoms. The topological polar surface area (TPSA) is 96.0 Å². The Hall–Kier alpha value is -2.90. The van der Waals surface area contributed by atoms with Crippen LogP contribution in [0, 0.1) is 11.8 Å². The van der Waals surface area contributed by atoms with Crippen molar-refractivity contribution in [1.82, 2.24) is 4.90 Å². The fourth-order valence-electron chi connectivity index (χ4n) is 4.86. The van der Waals surface area contributed by atoms with Crippen LogP contribution in [-0.4, -0.2) is 54.3 Å². The van der Waals surface area contributed by atoms with Crippen molar-refractivity contribution in [3.05, 3.63) is 24.3 Å². The number of fused-ring (bicyclic) bond motifs is 1. The zero-order valence-corrected chi connectivity index (χ0v) is 17.8. The summed E-state index contributed by atoms with van der Waals surface area (Å²) < 4.78 is 5.10. The molecule has 31 heavy (non-hydrogen) atoms. The summed E-state index contributed by atoms with van der Waals surface area (Å²) in [5, 5.41) is 2.70. The van der Waals surface area contributed by atoms with Crippen molar-refractivity contribution in [2.45, 2.75) is 51.5 Å². The van der Waals surface area contributed by atoms with Crippen LogP contribution in [0.5, 0.6) is 0 Å². The number of benzene rings is 1. The molecule has 3 aliphatic rings. The van der Waals surface area contributed by atoms with Crippen LogP contribution in [-0.2, 0) is 23.9 Å². The van der Waals surface area contributed by atoms with E-state index in [1.807, 2.05) is 24.3 Å². The number of hydrogen-bond donors (Lipinski definition) is 1. The highest BCUT2D eigenvalue weighted by atomic mass is 16.5. The molecule has 1 N–H and O–H groups in total. The van der Waals surface area contributed by atoms with Crippen molar-refractivity contribution in [2.75, 3.05) is 29.9 Å². The molecule has 2 aliphatic heterocycles. The van der Waals surface area contributed by atoms with Gasteiger partial charge in [-0.2, -0.15) is 0 Å². The van der Waals surface area contributed by atoms with Crippen molar-refractivity contribution in [3.8, 4) is 0 Å². The van der Waals surface area contributed by atoms with E-state index in [0.717, 1.165) is 36.5 Å². The molecule has 1 saturated carbocycles. The molecule has 2 heterocycles. The number of likely N-dealkylation sites (tertiary alicyclic amines) is 1. The molecule has 4 rings (SSSR count). The third-order valence-corrected chi connectivity index (χ3v) is 6.57. The number of hydrogen-bond acceptors (Lipinski definition) is 6. The van der Waals surface area contributed by atoms with Crippen molar-refractivity contribution in [1.29, 1.82) is 0 Å². The highest BCUT2D eigenvalue weighted by Gasteiger charge is 2.51. The standard InChI is InChI=1S/C23H29N3O5/c1-15(26-21(28)18-6-2-3-7-19(18)22(26)29)23(30)31-14-20(27)24-16-8-10-17(11-9-16)25-12-4-5-13-25/h8-11,15,18-19H,2-7,12-14H2,1H3,(H,24,27)/t15-,18+,19+/m0/s1. The van der Waals surface area contributed by atoms with Crippen LogP contribution in [0.1, 0.15) is 45.4 Å². The zero-order valence-electron chi connectivity index (χ0n) is 17.8. The lowest BCUT2D eigenvalue weighted by Crippen LogP contribution is -2.45. The molecule has 3 fully saturated rings. The third kappa shape index (κ3) is 4.43. The molecule has 166 valence electrons. The molecule has 0 aromatic heterocycles. The van der Waals surface area contributed by atoms with Crippen LogP contribution in [0.4, 0.5) is 11.4 Å². The fraction of sp³-hybridized carbons (Fsp3) is 0.565. The summed E-state index contributed by atoms with van der Waals surface area (Å²) in [7, 11) is 0. The lowest BCUT2D eigenvalue weighted by Gasteiger charge is -2.21. The highest BCUT2D eigenvalue weighted by Crippen LogP contribution is 2.38. The van der Waals surface area contributed by atoms with Gasteiger partial charge in [0, 0.05) is 24.5 Å². The Morgan fingerprint density at radius 2 is 1.58 bits per heavy atom. The predicted octanol–water partition coefficient (Wildman–Crippen LogP) is 2.33. The smallest absolute Gasteiger partial charge is 0.329 e. The van der Waals surface area contributed by atoms with Crippen molar-refractivity contribution in [2.24, 2.45) is 11.8 Å². The van der Waals surface area contributed by atoms with Gasteiger partial charge in [0.1, 0.15) is 6.04 Å². The fourth-order valence-corrected chi connectivity index (χ4v) is 4.86. The number of nitrogens with zero attached hydrogens (tertiary/aromatic N) is 2. The van der Waals surface area contributed by atoms with E-state index in [0.29, 0.717) is 18.5 Å². The van der Waals surface area contributed by atoms with E-state index in [1.165, 1.54) is 19.8 Å². The summed E-state index contributed by atoms with van der Waals surface area (Å²) in [4.78, 5) is 53.2. The number of rotatable bonds is 6. The molecular weight excluding hydrogens is 398 g/mol. The number of carbonyl (C=O) groups is 4. The van der Waals surface area contributed by atoms with Gasteiger partial charge >= 0.3 is 5.97 Å². The quantitative estimate of drug-likeness (QED) is 0.553. The molecule has 0 bridgehead atoms. The maximum atomic E-state index is 12.6. The normalized spacial score (nSPS) is 24.2. The van der Waals surface area contributed by atoms with Crippen LogP contribution in [0.2, 0.25) is 0 Å². The number of imide groups is 1. The van der Waals surface area contributed by atoms with E-state index in [4.69, 9.17) is 4.74 Å². The Labute approximate surface area is 181 Å². The summed E-state index contributed by atoms with van der Waals surface area (Å²) in [6, 6.07) is 6.52. The average Bonchev–Trinajstić information content (AvgIpc) is 3.40. The van der Waals surface area contributed by atoms with Gasteiger partial charge in [-0.15, -0.1) is 0 Å². The molecule has 1 aromatic carbocycles. The van der Waals surface area contributed by atoms with Gasteiger partial charge in [-0.3, -0.25) is 19.3 Å². The van der Waals surface area contributed by atoms with E-state index >= 15 is 0 Å². The summed E-state index contributed by atoms with van der Waals surface area (Å²) in [6.45, 7) is 3.09. The minimum absolute atomic E-state index is 0.290. The molecular formula is C23H29N3O5. The Morgan fingerprint density at radius 3 is 2.16 bits per heavy atom. The number of anilines is 2. The van der Waals surface area contributed by atoms with E-state index in [2.05, 4.69) is 10.2 Å². The average molecular weight is 428 g/mol. The summed E-state index contributed by atoms with van der Waals surface area (Å²) >= 11 is 0. The van der Waals surface area contributed by atoms with Crippen molar-refractivity contribution in [3.63, 3.8) is 0 Å². The van der Waals surface area contributed by atoms with Crippen LogP contribution in [0.25, 0.3) is 0 Å². The minimum Gasteiger partial charge on any atom is -0.454 e. The second-order valence-corrected chi connectivity index (χ2v) is 8.62. The van der Waals surface area contributed by atoms with Gasteiger partial charge in [0.15, 0.2) is 6.61 Å². The van der Waals surface area contributed by atoms with Crippen LogP contribution in [0.15, 0.2) is 24.3 Å². The maximum absolute atomic E-state index is 12.6. The molecule has 3 amide bonds. The molecule has 8 nitrogen and oxygen atoms in total. The Balaban J connectivity index is 1.27. The summed E-state index contributed by atoms with van der Waals surface area (Å²) in [6.07, 6.45) is 5.60. The molecule has 1 aromatic rings. The zero-order chi connectivity index (χ0) is 22.0. The van der Waals surface area contributed by atoms with Crippen molar-refractivity contribution >= 4 is 35.1 Å². The largest absolute Gasteiger partial charge is 0.454 e. The molecule has 0 unspecified atom stereocenters. The maximum Gasteiger partial charge on any atom is 0.329 e. The van der Waals surface area contributed by atoms with Gasteiger partial charge in [0.25, 0.3) is 5.91 Å². The molecule has 8 heteroatoms. The molecule has 3 atom stereocenters. The van der Waals surface area contributed by atoms with Gasteiger partial charge in [-0.05, 0) is 56.9 Å². The van der Waals surface area contributed by atoms with Gasteiger partial charge in [-0.1, -0.05) is 12.8 Å². The van der Waals surface area contributed by atoms with E-state index in [-0.39, 0.29) is 23.7 Å². The number of carbonyl (C=O) groups excluding carboxylic acids is 4. The SMILES string of the molecule is C[C@@H](C(=O)OCC(=O)Nc1ccc(N2CCCC2)cc1)N1C(=O)[C@@H]2CCCC[C@H]2C1=O. The third-order valence-electron chi connectivity index (χ3n) is 6.57. The summed E-state index contributed by atoms with van der Waals surface area (Å²) in [5.74, 6) is -2.43. The van der Waals surface area contributed by atoms with Crippen LogP contribution < -0.4 is 10.2 Å². The lowest BCUT2D eigenvalue weighted by atomic mass is 9.81. The Bertz CT molecular complexity index is 838. The second-order valence-electron chi connectivity index (χ2n) is 8.62. The van der Waals surface area contributed by atoms with E-state index in [9.17, 15) is 19.2 Å². The van der Waals surface area contributed by atoms with E-state index in [1.54, 1.807) is 0 Å². The lowest BCUT2D eigenvalue weighted by molar-refractivity contribution is -0.159. The van der Waals surface area contributed by atoms with Crippen molar-refractivity contribution < 1.29 is 23.9 Å². The predicted molar refractivity (Wildman–Crippen MR) is 114 cm³/mol. The molecule has 1 aliphatic carbocycles. The Morgan fingerprint density at radius 1 is 1.00 bits per heavy atom. The van der Waals surface area contributed by atoms with Crippen LogP contribution in [0.3, 0.4) is 0 Å². The second kappa shape index (κ2) is 9.08. The molecule has 2 saturated heterocycles. The first-order chi connectivity index (χ1) is 15.0. The molecule has 0 radical (unpaired) electrons. The van der Waals surface area contributed by atoms with Gasteiger partial charge < -0.3 is 15.0 Å². The highest BCUT2D eigenvalue weighted by molar-refractivity contribution is 6.08. The minimum atomic E-state index is -1.03. The van der Waals surface area contributed by atoms with E-state index < -0.39 is 24.5 Å². The number of ether oxygens (including phenoxy) is 1. The summed E-state index contributed by atoms with van der Waals surface area (Å²) in [5.41, 5.74) is 1.74. The number of amides is 3. The van der Waals surface area contributed by atoms with Crippen LogP contribution >= 0.6 is 0 Å². The number of nitrogens with one attached hydrogen (secondary N) is 1.